The summed E-state index contributed by atoms with van der Waals surface area (Å²) in [5, 5.41) is 3.35. The average Bonchev–Trinajstić information content (AvgIpc) is 2.64. The molecule has 0 spiro atoms. The number of anilines is 1. The molecule has 0 saturated carbocycles. The number of pyridine rings is 1. The molecular weight excluding hydrogens is 296 g/mol. The molecule has 4 nitrogen and oxygen atoms in total. The summed E-state index contributed by atoms with van der Waals surface area (Å²) >= 11 is 17.4. The quantitative estimate of drug-likeness (QED) is 0.826. The molecule has 0 aliphatic rings. The summed E-state index contributed by atoms with van der Waals surface area (Å²) < 4.78 is 0. The largest absolute Gasteiger partial charge is 0.340 e. The fraction of sp³-hybridized carbons (Fsp3) is 0.0909. The first kappa shape index (κ1) is 13.2. The van der Waals surface area contributed by atoms with Crippen molar-refractivity contribution in [3.05, 3.63) is 44.9 Å². The molecule has 0 radical (unpaired) electrons. The first-order valence-electron chi connectivity index (χ1n) is 4.95. The lowest BCUT2D eigenvalue weighted by molar-refractivity contribution is 0.102. The van der Waals surface area contributed by atoms with Crippen LogP contribution in [0.4, 0.5) is 5.69 Å². The van der Waals surface area contributed by atoms with Crippen molar-refractivity contribution >= 4 is 46.4 Å². The highest BCUT2D eigenvalue weighted by atomic mass is 35.5. The van der Waals surface area contributed by atoms with Gasteiger partial charge in [0.25, 0.3) is 5.91 Å². The lowest BCUT2D eigenvalue weighted by atomic mass is 10.3. The minimum absolute atomic E-state index is 0.218. The van der Waals surface area contributed by atoms with E-state index in [4.69, 9.17) is 34.8 Å². The first-order chi connectivity index (χ1) is 8.47. The van der Waals surface area contributed by atoms with Crippen LogP contribution in [0.3, 0.4) is 0 Å². The van der Waals surface area contributed by atoms with Gasteiger partial charge in [-0.15, -0.1) is 0 Å². The van der Waals surface area contributed by atoms with Gasteiger partial charge in [0.2, 0.25) is 0 Å². The number of rotatable bonds is 2. The van der Waals surface area contributed by atoms with Gasteiger partial charge in [0, 0.05) is 6.20 Å². The fourth-order valence-corrected chi connectivity index (χ4v) is 1.82. The maximum atomic E-state index is 11.9. The van der Waals surface area contributed by atoms with Gasteiger partial charge in [-0.2, -0.15) is 0 Å². The summed E-state index contributed by atoms with van der Waals surface area (Å²) in [4.78, 5) is 18.5. The third-order valence-electron chi connectivity index (χ3n) is 2.19. The maximum absolute atomic E-state index is 11.9. The zero-order valence-electron chi connectivity index (χ0n) is 9.22. The van der Waals surface area contributed by atoms with Gasteiger partial charge in [0.1, 0.15) is 10.8 Å². The Morgan fingerprint density at radius 1 is 1.33 bits per heavy atom. The fourth-order valence-electron chi connectivity index (χ4n) is 1.36. The van der Waals surface area contributed by atoms with E-state index in [2.05, 4.69) is 15.3 Å². The lowest BCUT2D eigenvalue weighted by Gasteiger charge is -2.06. The summed E-state index contributed by atoms with van der Waals surface area (Å²) in [5.74, 6) is -0.391. The van der Waals surface area contributed by atoms with E-state index in [1.165, 1.54) is 6.07 Å². The van der Waals surface area contributed by atoms with Gasteiger partial charge in [-0.1, -0.05) is 34.8 Å². The minimum Gasteiger partial charge on any atom is -0.340 e. The molecule has 0 aliphatic carbocycles. The molecule has 1 amide bonds. The number of halogens is 3. The molecule has 2 N–H and O–H groups in total. The van der Waals surface area contributed by atoms with Crippen LogP contribution in [0.25, 0.3) is 0 Å². The summed E-state index contributed by atoms with van der Waals surface area (Å²) in [5.41, 5.74) is 1.57. The molecule has 0 bridgehead atoms. The van der Waals surface area contributed by atoms with Crippen molar-refractivity contribution in [1.82, 2.24) is 9.97 Å². The summed E-state index contributed by atoms with van der Waals surface area (Å²) in [6.07, 6.45) is 1.61. The number of nitrogens with zero attached hydrogens (tertiary/aromatic N) is 1. The summed E-state index contributed by atoms with van der Waals surface area (Å²) in [6, 6.07) is 3.16. The Hall–Kier alpha value is -1.23. The van der Waals surface area contributed by atoms with E-state index in [0.29, 0.717) is 5.69 Å². The highest BCUT2D eigenvalue weighted by Gasteiger charge is 2.13. The Bertz CT molecular complexity index is 590. The van der Waals surface area contributed by atoms with Gasteiger partial charge in [-0.3, -0.25) is 4.79 Å². The minimum atomic E-state index is -0.391. The van der Waals surface area contributed by atoms with Crippen LogP contribution in [0.2, 0.25) is 15.3 Å². The highest BCUT2D eigenvalue weighted by molar-refractivity contribution is 6.41. The van der Waals surface area contributed by atoms with Crippen molar-refractivity contribution in [2.75, 3.05) is 5.32 Å². The summed E-state index contributed by atoms with van der Waals surface area (Å²) in [6.45, 7) is 1.85. The zero-order valence-corrected chi connectivity index (χ0v) is 11.5. The molecule has 0 unspecified atom stereocenters. The number of nitrogens with one attached hydrogen (secondary N) is 2. The van der Waals surface area contributed by atoms with Crippen LogP contribution >= 0.6 is 34.8 Å². The molecule has 0 fully saturated rings. The van der Waals surface area contributed by atoms with Crippen LogP contribution in [0.15, 0.2) is 18.3 Å². The topological polar surface area (TPSA) is 57.8 Å². The number of hydrogen-bond donors (Lipinski definition) is 2. The van der Waals surface area contributed by atoms with Crippen LogP contribution in [-0.4, -0.2) is 15.9 Å². The third kappa shape index (κ3) is 2.77. The Balaban J connectivity index is 2.23. The lowest BCUT2D eigenvalue weighted by Crippen LogP contribution is -2.13. The average molecular weight is 305 g/mol. The maximum Gasteiger partial charge on any atom is 0.272 e. The summed E-state index contributed by atoms with van der Waals surface area (Å²) in [7, 11) is 0. The molecule has 18 heavy (non-hydrogen) atoms. The van der Waals surface area contributed by atoms with Crippen molar-refractivity contribution in [2.45, 2.75) is 6.92 Å². The molecule has 0 saturated heterocycles. The molecule has 0 aromatic carbocycles. The van der Waals surface area contributed by atoms with E-state index in [9.17, 15) is 4.79 Å². The van der Waals surface area contributed by atoms with E-state index < -0.39 is 5.91 Å². The van der Waals surface area contributed by atoms with Crippen LogP contribution in [0.1, 0.15) is 16.1 Å². The van der Waals surface area contributed by atoms with Crippen molar-refractivity contribution in [3.63, 3.8) is 0 Å². The Labute approximate surface area is 118 Å². The number of aryl methyl sites for hydroxylation is 1. The molecule has 7 heteroatoms. The second-order valence-electron chi connectivity index (χ2n) is 3.65. The number of H-pyrrole nitrogens is 1. The predicted molar refractivity (Wildman–Crippen MR) is 72.7 cm³/mol. The van der Waals surface area contributed by atoms with E-state index in [1.807, 2.05) is 6.92 Å². The molecule has 0 atom stereocenters. The first-order valence-corrected chi connectivity index (χ1v) is 6.08. The van der Waals surface area contributed by atoms with Gasteiger partial charge in [0.15, 0.2) is 5.15 Å². The van der Waals surface area contributed by atoms with E-state index in [0.717, 1.165) is 5.56 Å². The van der Waals surface area contributed by atoms with Crippen molar-refractivity contribution in [3.8, 4) is 0 Å². The van der Waals surface area contributed by atoms with Crippen LogP contribution in [0, 0.1) is 6.92 Å². The normalized spacial score (nSPS) is 10.4. The van der Waals surface area contributed by atoms with Crippen LogP contribution < -0.4 is 5.32 Å². The number of carbonyl (C=O) groups excluding carboxylic acids is 1. The smallest absolute Gasteiger partial charge is 0.272 e. The molecular formula is C11H8Cl3N3O. The molecule has 2 heterocycles. The Morgan fingerprint density at radius 2 is 2.06 bits per heavy atom. The van der Waals surface area contributed by atoms with Crippen LogP contribution in [-0.2, 0) is 0 Å². The van der Waals surface area contributed by atoms with Gasteiger partial charge >= 0.3 is 0 Å². The molecule has 2 aromatic rings. The zero-order chi connectivity index (χ0) is 13.3. The Morgan fingerprint density at radius 3 is 2.67 bits per heavy atom. The van der Waals surface area contributed by atoms with E-state index in [1.54, 1.807) is 12.3 Å². The number of hydrogen-bond acceptors (Lipinski definition) is 2. The van der Waals surface area contributed by atoms with Gasteiger partial charge in [0.05, 0.1) is 10.7 Å². The second kappa shape index (κ2) is 5.18. The van der Waals surface area contributed by atoms with Gasteiger partial charge < -0.3 is 10.3 Å². The van der Waals surface area contributed by atoms with Crippen molar-refractivity contribution < 1.29 is 4.79 Å². The van der Waals surface area contributed by atoms with E-state index in [-0.39, 0.29) is 21.0 Å². The van der Waals surface area contributed by atoms with Crippen LogP contribution in [0.5, 0.6) is 0 Å². The van der Waals surface area contributed by atoms with Gasteiger partial charge in [-0.05, 0) is 24.6 Å². The van der Waals surface area contributed by atoms with Crippen molar-refractivity contribution in [1.29, 1.82) is 0 Å². The number of aromatic amines is 1. The number of amides is 1. The van der Waals surface area contributed by atoms with Gasteiger partial charge in [-0.25, -0.2) is 4.98 Å². The third-order valence-corrected chi connectivity index (χ3v) is 3.19. The molecule has 2 aromatic heterocycles. The molecule has 2 rings (SSSR count). The monoisotopic (exact) mass is 303 g/mol. The van der Waals surface area contributed by atoms with E-state index >= 15 is 0 Å². The second-order valence-corrected chi connectivity index (χ2v) is 4.79. The van der Waals surface area contributed by atoms with Crippen molar-refractivity contribution in [2.24, 2.45) is 0 Å². The highest BCUT2D eigenvalue weighted by Crippen LogP contribution is 2.24. The standard InChI is InChI=1S/C11H8Cl3N3O/c1-5-2-7(10(14)15-4-5)17-11(18)8-3-6(12)9(13)16-8/h2-4,16H,1H3,(H,17,18). The molecule has 0 aliphatic heterocycles. The molecule has 94 valence electrons. The SMILES string of the molecule is Cc1cnc(Cl)c(NC(=O)c2cc(Cl)c(Cl)[nH]2)c1. The predicted octanol–water partition coefficient (Wildman–Crippen LogP) is 3.93. The number of aromatic nitrogens is 2. The Kier molecular flexibility index (Phi) is 3.80. The number of carbonyl (C=O) groups is 1.